The van der Waals surface area contributed by atoms with E-state index in [1.807, 2.05) is 25.1 Å². The summed E-state index contributed by atoms with van der Waals surface area (Å²) in [4.78, 5) is 12.8. The molecule has 0 aliphatic heterocycles. The van der Waals surface area contributed by atoms with Gasteiger partial charge in [0.05, 0.1) is 25.6 Å². The number of rotatable bonds is 5. The number of nitrogens with zero attached hydrogens (tertiary/aromatic N) is 3. The van der Waals surface area contributed by atoms with Gasteiger partial charge in [-0.2, -0.15) is 0 Å². The Labute approximate surface area is 146 Å². The zero-order valence-corrected chi connectivity index (χ0v) is 14.7. The number of hydrogen-bond donors (Lipinski definition) is 2. The van der Waals surface area contributed by atoms with Gasteiger partial charge in [-0.15, -0.1) is 0 Å². The van der Waals surface area contributed by atoms with Crippen LogP contribution in [-0.2, 0) is 0 Å². The first-order valence-electron chi connectivity index (χ1n) is 7.89. The summed E-state index contributed by atoms with van der Waals surface area (Å²) in [5.74, 6) is 2.54. The van der Waals surface area contributed by atoms with E-state index in [1.165, 1.54) is 6.33 Å². The van der Waals surface area contributed by atoms with Gasteiger partial charge in [-0.3, -0.25) is 0 Å². The molecule has 0 saturated heterocycles. The van der Waals surface area contributed by atoms with Crippen LogP contribution in [0.3, 0.4) is 0 Å². The Kier molecular flexibility index (Phi) is 4.56. The lowest BCUT2D eigenvalue weighted by Crippen LogP contribution is -2.11. The summed E-state index contributed by atoms with van der Waals surface area (Å²) in [5.41, 5.74) is 8.48. The van der Waals surface area contributed by atoms with E-state index in [0.717, 1.165) is 16.5 Å². The molecule has 0 bridgehead atoms. The maximum atomic E-state index is 5.73. The Morgan fingerprint density at radius 3 is 2.52 bits per heavy atom. The van der Waals surface area contributed by atoms with Crippen molar-refractivity contribution in [3.05, 3.63) is 41.7 Å². The van der Waals surface area contributed by atoms with E-state index in [-0.39, 0.29) is 6.04 Å². The van der Waals surface area contributed by atoms with Crippen LogP contribution in [0.25, 0.3) is 11.0 Å². The molecular weight excluding hydrogens is 318 g/mol. The number of nitrogens with one attached hydrogen (secondary N) is 1. The molecule has 7 nitrogen and oxygen atoms in total. The monoisotopic (exact) mass is 339 g/mol. The number of hydrogen-bond acceptors (Lipinski definition) is 7. The molecule has 1 unspecified atom stereocenters. The van der Waals surface area contributed by atoms with E-state index in [4.69, 9.17) is 15.2 Å². The zero-order chi connectivity index (χ0) is 18.0. The highest BCUT2D eigenvalue weighted by atomic mass is 16.5. The number of nitrogen functional groups attached to an aromatic ring is 1. The largest absolute Gasteiger partial charge is 0.493 e. The fourth-order valence-corrected chi connectivity index (χ4v) is 2.82. The second kappa shape index (κ2) is 6.80. The van der Waals surface area contributed by atoms with Gasteiger partial charge in [0.15, 0.2) is 17.1 Å². The third-order valence-electron chi connectivity index (χ3n) is 4.11. The minimum atomic E-state index is -0.00420. The highest BCUT2D eigenvalue weighted by molar-refractivity contribution is 5.87. The van der Waals surface area contributed by atoms with Crippen molar-refractivity contribution < 1.29 is 9.47 Å². The molecule has 1 atom stereocenters. The molecule has 25 heavy (non-hydrogen) atoms. The lowest BCUT2D eigenvalue weighted by molar-refractivity contribution is 0.354. The molecule has 0 saturated carbocycles. The summed E-state index contributed by atoms with van der Waals surface area (Å²) in [6, 6.07) is 7.55. The van der Waals surface area contributed by atoms with Crippen LogP contribution in [0.5, 0.6) is 11.5 Å². The van der Waals surface area contributed by atoms with Crippen LogP contribution in [0.1, 0.15) is 24.1 Å². The van der Waals surface area contributed by atoms with E-state index < -0.39 is 0 Å². The van der Waals surface area contributed by atoms with Gasteiger partial charge in [-0.1, -0.05) is 0 Å². The van der Waals surface area contributed by atoms with Crippen LogP contribution >= 0.6 is 0 Å². The topological polar surface area (TPSA) is 95.2 Å². The Bertz CT molecular complexity index is 913. The van der Waals surface area contributed by atoms with Crippen molar-refractivity contribution in [3.63, 3.8) is 0 Å². The molecular formula is C18H21N5O2. The molecule has 1 aromatic carbocycles. The molecule has 0 aliphatic carbocycles. The molecule has 0 aliphatic rings. The molecule has 2 aromatic heterocycles. The molecule has 0 amide bonds. The summed E-state index contributed by atoms with van der Waals surface area (Å²) < 4.78 is 10.8. The third-order valence-corrected chi connectivity index (χ3v) is 4.11. The zero-order valence-electron chi connectivity index (χ0n) is 14.7. The second-order valence-corrected chi connectivity index (χ2v) is 5.76. The van der Waals surface area contributed by atoms with Gasteiger partial charge in [-0.25, -0.2) is 15.0 Å². The summed E-state index contributed by atoms with van der Waals surface area (Å²) in [5, 5.41) is 4.24. The summed E-state index contributed by atoms with van der Waals surface area (Å²) >= 11 is 0. The Balaban J connectivity index is 1.96. The van der Waals surface area contributed by atoms with Gasteiger partial charge in [0, 0.05) is 0 Å². The number of aryl methyl sites for hydroxylation is 1. The number of methoxy groups -OCH3 is 2. The second-order valence-electron chi connectivity index (χ2n) is 5.76. The standard InChI is InChI=1S/C18H21N5O2/c1-10-7-14(24-3)15(25-4)8-13(10)11(2)22-17-12-5-6-16(19)23-18(12)21-9-20-17/h5-9,11H,1-4H3,(H3,19,20,21,22,23). The van der Waals surface area contributed by atoms with Gasteiger partial charge in [0.2, 0.25) is 0 Å². The van der Waals surface area contributed by atoms with E-state index in [0.29, 0.717) is 28.8 Å². The number of benzene rings is 1. The lowest BCUT2D eigenvalue weighted by atomic mass is 10.0. The molecule has 2 heterocycles. The van der Waals surface area contributed by atoms with E-state index >= 15 is 0 Å². The van der Waals surface area contributed by atoms with Crippen molar-refractivity contribution in [3.8, 4) is 11.5 Å². The van der Waals surface area contributed by atoms with Crippen LogP contribution in [0, 0.1) is 6.92 Å². The molecule has 0 fully saturated rings. The molecule has 130 valence electrons. The third kappa shape index (κ3) is 3.26. The highest BCUT2D eigenvalue weighted by Crippen LogP contribution is 2.34. The van der Waals surface area contributed by atoms with Crippen LogP contribution in [0.15, 0.2) is 30.6 Å². The predicted octanol–water partition coefficient (Wildman–Crippen LogP) is 3.11. The van der Waals surface area contributed by atoms with E-state index in [2.05, 4.69) is 27.2 Å². The number of fused-ring (bicyclic) bond motifs is 1. The van der Waals surface area contributed by atoms with Crippen LogP contribution in [0.2, 0.25) is 0 Å². The number of pyridine rings is 1. The maximum absolute atomic E-state index is 5.73. The summed E-state index contributed by atoms with van der Waals surface area (Å²) in [7, 11) is 3.26. The van der Waals surface area contributed by atoms with Crippen molar-refractivity contribution in [2.45, 2.75) is 19.9 Å². The van der Waals surface area contributed by atoms with Gasteiger partial charge in [0.1, 0.15) is 18.0 Å². The Morgan fingerprint density at radius 2 is 1.80 bits per heavy atom. The van der Waals surface area contributed by atoms with Crippen LogP contribution < -0.4 is 20.5 Å². The first-order chi connectivity index (χ1) is 12.0. The molecule has 0 spiro atoms. The van der Waals surface area contributed by atoms with Crippen molar-refractivity contribution >= 4 is 22.7 Å². The van der Waals surface area contributed by atoms with Crippen molar-refractivity contribution in [2.75, 3.05) is 25.3 Å². The smallest absolute Gasteiger partial charge is 0.166 e. The molecule has 3 N–H and O–H groups in total. The van der Waals surface area contributed by atoms with E-state index in [1.54, 1.807) is 20.3 Å². The van der Waals surface area contributed by atoms with Crippen molar-refractivity contribution in [2.24, 2.45) is 0 Å². The number of aromatic nitrogens is 3. The summed E-state index contributed by atoms with van der Waals surface area (Å²) in [6.07, 6.45) is 1.48. The first kappa shape index (κ1) is 16.8. The maximum Gasteiger partial charge on any atom is 0.166 e. The SMILES string of the molecule is COc1cc(C)c(C(C)Nc2ncnc3nc(N)ccc23)cc1OC. The predicted molar refractivity (Wildman–Crippen MR) is 98.1 cm³/mol. The van der Waals surface area contributed by atoms with E-state index in [9.17, 15) is 0 Å². The molecule has 3 aromatic rings. The number of ether oxygens (including phenoxy) is 2. The van der Waals surface area contributed by atoms with Crippen LogP contribution in [-0.4, -0.2) is 29.2 Å². The normalized spacial score (nSPS) is 12.0. The first-order valence-corrected chi connectivity index (χ1v) is 7.89. The fraction of sp³-hybridized carbons (Fsp3) is 0.278. The summed E-state index contributed by atoms with van der Waals surface area (Å²) in [6.45, 7) is 4.10. The average molecular weight is 339 g/mol. The van der Waals surface area contributed by atoms with Gasteiger partial charge < -0.3 is 20.5 Å². The molecule has 0 radical (unpaired) electrons. The van der Waals surface area contributed by atoms with Crippen LogP contribution in [0.4, 0.5) is 11.6 Å². The molecule has 3 rings (SSSR count). The highest BCUT2D eigenvalue weighted by Gasteiger charge is 2.15. The van der Waals surface area contributed by atoms with Gasteiger partial charge in [-0.05, 0) is 49.2 Å². The minimum Gasteiger partial charge on any atom is -0.493 e. The van der Waals surface area contributed by atoms with Gasteiger partial charge >= 0.3 is 0 Å². The minimum absolute atomic E-state index is 0.00420. The number of anilines is 2. The quantitative estimate of drug-likeness (QED) is 0.737. The molecule has 7 heteroatoms. The lowest BCUT2D eigenvalue weighted by Gasteiger charge is -2.20. The van der Waals surface area contributed by atoms with Gasteiger partial charge in [0.25, 0.3) is 0 Å². The van der Waals surface area contributed by atoms with Crippen molar-refractivity contribution in [1.29, 1.82) is 0 Å². The van der Waals surface area contributed by atoms with Crippen molar-refractivity contribution in [1.82, 2.24) is 15.0 Å². The Morgan fingerprint density at radius 1 is 1.08 bits per heavy atom. The fourth-order valence-electron chi connectivity index (χ4n) is 2.82. The number of nitrogens with two attached hydrogens (primary N) is 1. The Hall–Kier alpha value is -3.09. The average Bonchev–Trinajstić information content (AvgIpc) is 2.61.